The third-order valence-electron chi connectivity index (χ3n) is 12.9. The Morgan fingerprint density at radius 1 is 0.803 bits per heavy atom. The molecule has 2 atom stereocenters. The molecule has 414 valence electrons. The number of amides is 4. The first-order valence-corrected chi connectivity index (χ1v) is 27.3. The topological polar surface area (TPSA) is 177 Å². The lowest BCUT2D eigenvalue weighted by Gasteiger charge is -2.41. The molecular formula is C54H68Cl2F3N7O9S. The van der Waals surface area contributed by atoms with Gasteiger partial charge in [-0.3, -0.25) is 19.2 Å². The lowest BCUT2D eigenvalue weighted by atomic mass is 10.0. The van der Waals surface area contributed by atoms with Gasteiger partial charge in [-0.2, -0.15) is 0 Å². The van der Waals surface area contributed by atoms with Crippen molar-refractivity contribution in [3.63, 3.8) is 0 Å². The maximum absolute atomic E-state index is 14.2. The number of piperazine rings is 1. The zero-order valence-electron chi connectivity index (χ0n) is 43.2. The van der Waals surface area contributed by atoms with Crippen molar-refractivity contribution in [2.24, 2.45) is 5.73 Å². The molecule has 0 bridgehead atoms. The van der Waals surface area contributed by atoms with Crippen molar-refractivity contribution < 1.29 is 56.0 Å². The van der Waals surface area contributed by atoms with Crippen LogP contribution in [-0.4, -0.2) is 156 Å². The number of halogens is 5. The number of nitrogens with one attached hydrogen (secondary N) is 2. The molecule has 4 amide bonds. The van der Waals surface area contributed by atoms with Gasteiger partial charge in [0.25, 0.3) is 5.91 Å². The van der Waals surface area contributed by atoms with Crippen LogP contribution in [0.4, 0.5) is 24.5 Å². The predicted molar refractivity (Wildman–Crippen MR) is 286 cm³/mol. The Balaban J connectivity index is 0.709. The molecule has 22 heteroatoms. The van der Waals surface area contributed by atoms with E-state index >= 15 is 0 Å². The van der Waals surface area contributed by atoms with Crippen LogP contribution >= 0.6 is 34.5 Å². The second-order valence-electron chi connectivity index (χ2n) is 19.8. The van der Waals surface area contributed by atoms with E-state index in [4.69, 9.17) is 52.6 Å². The SMILES string of the molecule is CC(C)(C)OC[C@@H]1C(=O)N(CC(=O)NCCOCCOCCOCCNCCCc2cc(Cl)c(Oc3ccsc3C(=O)N3CCN(C4CC4)c4ccccc43)cc2Cl)CCN1C(=O)C[C@H](N)Cc1cc(F)c(F)cc1F. The lowest BCUT2D eigenvalue weighted by Crippen LogP contribution is -2.62. The van der Waals surface area contributed by atoms with Gasteiger partial charge in [0.05, 0.1) is 74.8 Å². The Kier molecular flexibility index (Phi) is 21.6. The molecule has 4 aromatic rings. The molecule has 2 fully saturated rings. The van der Waals surface area contributed by atoms with E-state index in [1.165, 1.54) is 34.0 Å². The van der Waals surface area contributed by atoms with E-state index in [9.17, 15) is 32.3 Å². The maximum atomic E-state index is 14.2. The van der Waals surface area contributed by atoms with Crippen LogP contribution in [-0.2, 0) is 46.2 Å². The van der Waals surface area contributed by atoms with Crippen LogP contribution in [0, 0.1) is 17.5 Å². The number of carbonyl (C=O) groups is 4. The molecule has 3 heterocycles. The number of carbonyl (C=O) groups excluding carboxylic acids is 4. The van der Waals surface area contributed by atoms with E-state index in [1.807, 2.05) is 34.5 Å². The van der Waals surface area contributed by atoms with Crippen molar-refractivity contribution in [3.05, 3.63) is 103 Å². The quantitative estimate of drug-likeness (QED) is 0.0380. The third-order valence-corrected chi connectivity index (χ3v) is 14.4. The fourth-order valence-electron chi connectivity index (χ4n) is 8.88. The average molecular weight is 1120 g/mol. The van der Waals surface area contributed by atoms with E-state index in [1.54, 1.807) is 32.9 Å². The second kappa shape index (κ2) is 28.0. The van der Waals surface area contributed by atoms with Gasteiger partial charge in [0.1, 0.15) is 22.5 Å². The van der Waals surface area contributed by atoms with Crippen molar-refractivity contribution >= 4 is 69.5 Å². The molecule has 76 heavy (non-hydrogen) atoms. The van der Waals surface area contributed by atoms with Crippen LogP contribution in [0.15, 0.2) is 60.0 Å². The Morgan fingerprint density at radius 3 is 2.22 bits per heavy atom. The van der Waals surface area contributed by atoms with Gasteiger partial charge in [-0.25, -0.2) is 13.2 Å². The number of nitrogens with two attached hydrogens (primary N) is 1. The normalized spacial score (nSPS) is 16.3. The summed E-state index contributed by atoms with van der Waals surface area (Å²) in [6, 6.07) is 13.1. The lowest BCUT2D eigenvalue weighted by molar-refractivity contribution is -0.158. The number of fused-ring (bicyclic) bond motifs is 1. The van der Waals surface area contributed by atoms with Crippen LogP contribution < -0.4 is 30.9 Å². The zero-order valence-corrected chi connectivity index (χ0v) is 45.5. The van der Waals surface area contributed by atoms with Crippen molar-refractivity contribution in [1.29, 1.82) is 0 Å². The molecule has 0 unspecified atom stereocenters. The van der Waals surface area contributed by atoms with E-state index in [0.717, 1.165) is 36.4 Å². The first kappa shape index (κ1) is 58.6. The Morgan fingerprint density at radius 2 is 1.50 bits per heavy atom. The summed E-state index contributed by atoms with van der Waals surface area (Å²) in [4.78, 5) is 61.2. The van der Waals surface area contributed by atoms with Crippen LogP contribution in [0.1, 0.15) is 67.3 Å². The summed E-state index contributed by atoms with van der Waals surface area (Å²) < 4.78 is 70.3. The molecular weight excluding hydrogens is 1050 g/mol. The van der Waals surface area contributed by atoms with Gasteiger partial charge in [-0.05, 0) is 106 Å². The molecule has 0 spiro atoms. The molecule has 1 saturated carbocycles. The highest BCUT2D eigenvalue weighted by atomic mass is 35.5. The highest BCUT2D eigenvalue weighted by Gasteiger charge is 2.40. The highest BCUT2D eigenvalue weighted by Crippen LogP contribution is 2.43. The number of hydrogen-bond acceptors (Lipinski definition) is 13. The molecule has 16 nitrogen and oxygen atoms in total. The van der Waals surface area contributed by atoms with Crippen molar-refractivity contribution in [1.82, 2.24) is 20.4 Å². The fourth-order valence-corrected chi connectivity index (χ4v) is 10.1. The smallest absolute Gasteiger partial charge is 0.272 e. The van der Waals surface area contributed by atoms with E-state index in [2.05, 4.69) is 21.6 Å². The largest absolute Gasteiger partial charge is 0.454 e. The van der Waals surface area contributed by atoms with Gasteiger partial charge < -0.3 is 59.7 Å². The van der Waals surface area contributed by atoms with Gasteiger partial charge in [0.2, 0.25) is 17.7 Å². The molecule has 7 rings (SSSR count). The molecule has 1 aliphatic carbocycles. The zero-order chi connectivity index (χ0) is 54.4. The summed E-state index contributed by atoms with van der Waals surface area (Å²) >= 11 is 14.7. The first-order chi connectivity index (χ1) is 36.5. The van der Waals surface area contributed by atoms with Gasteiger partial charge in [-0.1, -0.05) is 35.3 Å². The number of ether oxygens (including phenoxy) is 5. The summed E-state index contributed by atoms with van der Waals surface area (Å²) in [5.41, 5.74) is 8.22. The minimum absolute atomic E-state index is 0.0741. The molecule has 1 saturated heterocycles. The highest BCUT2D eigenvalue weighted by molar-refractivity contribution is 7.12. The average Bonchev–Trinajstić information content (AvgIpc) is 4.13. The number of nitrogens with zero attached hydrogens (tertiary/aromatic N) is 4. The Hall–Kier alpha value is -5.03. The fraction of sp³-hybridized carbons (Fsp3) is 0.519. The number of hydrogen-bond donors (Lipinski definition) is 3. The minimum Gasteiger partial charge on any atom is -0.454 e. The van der Waals surface area contributed by atoms with Gasteiger partial charge in [-0.15, -0.1) is 11.3 Å². The van der Waals surface area contributed by atoms with Crippen LogP contribution in [0.25, 0.3) is 0 Å². The third kappa shape index (κ3) is 16.7. The Labute approximate surface area is 456 Å². The summed E-state index contributed by atoms with van der Waals surface area (Å²) in [5.74, 6) is -4.19. The summed E-state index contributed by atoms with van der Waals surface area (Å²) in [7, 11) is 0. The van der Waals surface area contributed by atoms with Crippen LogP contribution in [0.3, 0.4) is 0 Å². The molecule has 4 N–H and O–H groups in total. The van der Waals surface area contributed by atoms with Gasteiger partial charge in [0.15, 0.2) is 17.4 Å². The number of aryl methyl sites for hydroxylation is 1. The monoisotopic (exact) mass is 1120 g/mol. The molecule has 2 aliphatic heterocycles. The van der Waals surface area contributed by atoms with Gasteiger partial charge >= 0.3 is 0 Å². The maximum Gasteiger partial charge on any atom is 0.272 e. The van der Waals surface area contributed by atoms with Crippen molar-refractivity contribution in [3.8, 4) is 11.5 Å². The number of anilines is 2. The molecule has 3 aliphatic rings. The first-order valence-electron chi connectivity index (χ1n) is 25.7. The number of para-hydroxylation sites is 2. The van der Waals surface area contributed by atoms with Crippen molar-refractivity contribution in [2.75, 3.05) is 108 Å². The summed E-state index contributed by atoms with van der Waals surface area (Å²) in [5, 5.41) is 8.89. The second-order valence-corrected chi connectivity index (χ2v) is 21.5. The molecule has 3 aromatic carbocycles. The Bertz CT molecular complexity index is 2620. The van der Waals surface area contributed by atoms with Crippen LogP contribution in [0.5, 0.6) is 11.5 Å². The minimum atomic E-state index is -1.33. The van der Waals surface area contributed by atoms with Crippen molar-refractivity contribution in [2.45, 2.75) is 83.0 Å². The van der Waals surface area contributed by atoms with Gasteiger partial charge in [0, 0.05) is 74.9 Å². The van der Waals surface area contributed by atoms with E-state index in [0.29, 0.717) is 97.1 Å². The molecule has 1 aromatic heterocycles. The number of benzene rings is 3. The van der Waals surface area contributed by atoms with E-state index < -0.39 is 52.9 Å². The number of thiophene rings is 1. The van der Waals surface area contributed by atoms with Crippen LogP contribution in [0.2, 0.25) is 10.0 Å². The predicted octanol–water partition coefficient (Wildman–Crippen LogP) is 7.40. The summed E-state index contributed by atoms with van der Waals surface area (Å²) in [6.07, 6.45) is 3.36. The number of rotatable bonds is 28. The summed E-state index contributed by atoms with van der Waals surface area (Å²) in [6.45, 7) is 10.3. The molecule has 0 radical (unpaired) electrons. The van der Waals surface area contributed by atoms with E-state index in [-0.39, 0.29) is 63.7 Å². The standard InChI is InChI=1S/C54H68Cl2F3N7O9S/c1-54(2,3)74-34-46-52(69)63(16-17-65(46)50(68)30-37(60)27-36-29-42(58)43(59)32-41(36)57)33-49(67)62-15-21-72-23-25-73-24-22-71-20-14-61-13-6-7-35-28-40(56)48(31-39(35)55)75-47-12-26-76-51(47)53(70)66-19-18-64(38-10-11-38)44-8-4-5-9-45(44)66/h4-5,8-9,12,26,28-29,31-32,37-38,46,61H,6-7,10-11,13-25,27,30,33-34,60H2,1-3H3,(H,62,67)/t37-,46-/m1/s1.